The van der Waals surface area contributed by atoms with Gasteiger partial charge in [0.25, 0.3) is 5.91 Å². The Hall–Kier alpha value is -2.09. The summed E-state index contributed by atoms with van der Waals surface area (Å²) in [6.45, 7) is 0.677. The molecule has 27 heavy (non-hydrogen) atoms. The monoisotopic (exact) mass is 415 g/mol. The molecule has 150 valence electrons. The molecule has 0 saturated heterocycles. The number of anilines is 1. The van der Waals surface area contributed by atoms with Gasteiger partial charge in [0.15, 0.2) is 0 Å². The summed E-state index contributed by atoms with van der Waals surface area (Å²) >= 11 is 0. The lowest BCUT2D eigenvalue weighted by atomic mass is 10.1. The van der Waals surface area contributed by atoms with Crippen molar-refractivity contribution in [2.24, 2.45) is 5.73 Å². The molecule has 2 amide bonds. The molecular weight excluding hydrogens is 389 g/mol. The number of nitrogens with two attached hydrogens (primary N) is 1. The van der Waals surface area contributed by atoms with Crippen LogP contribution in [0, 0.1) is 0 Å². The average molecular weight is 416 g/mol. The topological polar surface area (TPSA) is 113 Å². The first kappa shape index (κ1) is 24.9. The molecule has 0 fully saturated rings. The van der Waals surface area contributed by atoms with Gasteiger partial charge in [0.2, 0.25) is 5.91 Å². The molecule has 1 aromatic carbocycles. The maximum atomic E-state index is 12.6. The van der Waals surface area contributed by atoms with Crippen molar-refractivity contribution in [3.05, 3.63) is 48.2 Å². The van der Waals surface area contributed by atoms with E-state index < -0.39 is 6.04 Å². The van der Waals surface area contributed by atoms with E-state index in [2.05, 4.69) is 20.8 Å². The second kappa shape index (κ2) is 14.0. The average Bonchev–Trinajstić information content (AvgIpc) is 3.13. The lowest BCUT2D eigenvalue weighted by Gasteiger charge is -2.18. The molecular formula is C18H27Cl2N5O2. The van der Waals surface area contributed by atoms with Gasteiger partial charge in [-0.05, 0) is 24.9 Å². The van der Waals surface area contributed by atoms with Crippen molar-refractivity contribution < 1.29 is 9.59 Å². The first-order chi connectivity index (χ1) is 12.2. The minimum absolute atomic E-state index is 0. The number of H-pyrrole nitrogens is 1. The summed E-state index contributed by atoms with van der Waals surface area (Å²) in [5.41, 5.74) is 6.19. The van der Waals surface area contributed by atoms with Crippen LogP contribution in [0.1, 0.15) is 43.7 Å². The van der Waals surface area contributed by atoms with Gasteiger partial charge in [-0.15, -0.1) is 24.8 Å². The summed E-state index contributed by atoms with van der Waals surface area (Å²) in [6.07, 6.45) is 5.68. The van der Waals surface area contributed by atoms with Gasteiger partial charge >= 0.3 is 0 Å². The summed E-state index contributed by atoms with van der Waals surface area (Å²) in [5, 5.41) is 12.0. The van der Waals surface area contributed by atoms with Gasteiger partial charge in [0.05, 0.1) is 6.20 Å². The SMILES string of the molecule is Cl.Cl.NCCCCCCC(=O)NC(C(=O)Nc1ccn[nH]1)c1ccccc1. The molecule has 9 heteroatoms. The molecule has 2 rings (SSSR count). The van der Waals surface area contributed by atoms with Crippen LogP contribution < -0.4 is 16.4 Å². The number of aromatic amines is 1. The number of rotatable bonds is 10. The van der Waals surface area contributed by atoms with Crippen LogP contribution in [0.3, 0.4) is 0 Å². The van der Waals surface area contributed by atoms with E-state index in [4.69, 9.17) is 5.73 Å². The number of nitrogens with zero attached hydrogens (tertiary/aromatic N) is 1. The number of amides is 2. The predicted octanol–water partition coefficient (Wildman–Crippen LogP) is 2.96. The first-order valence-corrected chi connectivity index (χ1v) is 8.55. The fourth-order valence-electron chi connectivity index (χ4n) is 2.49. The van der Waals surface area contributed by atoms with E-state index >= 15 is 0 Å². The maximum Gasteiger partial charge on any atom is 0.252 e. The Morgan fingerprint density at radius 3 is 2.37 bits per heavy atom. The zero-order valence-corrected chi connectivity index (χ0v) is 16.7. The van der Waals surface area contributed by atoms with Crippen molar-refractivity contribution in [2.45, 2.75) is 38.1 Å². The minimum atomic E-state index is -0.749. The molecule has 0 aliphatic heterocycles. The van der Waals surface area contributed by atoms with Crippen LogP contribution in [0.5, 0.6) is 0 Å². The third kappa shape index (κ3) is 8.90. The molecule has 7 nitrogen and oxygen atoms in total. The van der Waals surface area contributed by atoms with E-state index in [0.29, 0.717) is 18.8 Å². The van der Waals surface area contributed by atoms with Gasteiger partial charge in [-0.3, -0.25) is 14.7 Å². The smallest absolute Gasteiger partial charge is 0.252 e. The van der Waals surface area contributed by atoms with E-state index in [1.165, 1.54) is 0 Å². The Balaban J connectivity index is 0.00000338. The summed E-state index contributed by atoms with van der Waals surface area (Å²) < 4.78 is 0. The van der Waals surface area contributed by atoms with Crippen LogP contribution in [0.2, 0.25) is 0 Å². The maximum absolute atomic E-state index is 12.6. The molecule has 0 aliphatic rings. The van der Waals surface area contributed by atoms with Gasteiger partial charge in [-0.25, -0.2) is 0 Å². The van der Waals surface area contributed by atoms with Crippen LogP contribution >= 0.6 is 24.8 Å². The zero-order chi connectivity index (χ0) is 17.9. The Bertz CT molecular complexity index is 653. The van der Waals surface area contributed by atoms with Gasteiger partial charge in [0.1, 0.15) is 11.9 Å². The van der Waals surface area contributed by atoms with E-state index in [-0.39, 0.29) is 36.6 Å². The van der Waals surface area contributed by atoms with Crippen LogP contribution in [0.4, 0.5) is 5.82 Å². The van der Waals surface area contributed by atoms with E-state index in [9.17, 15) is 9.59 Å². The molecule has 1 atom stereocenters. The highest BCUT2D eigenvalue weighted by Crippen LogP contribution is 2.16. The summed E-state index contributed by atoms with van der Waals surface area (Å²) in [5.74, 6) is 0.0373. The fourth-order valence-corrected chi connectivity index (χ4v) is 2.49. The van der Waals surface area contributed by atoms with E-state index in [0.717, 1.165) is 31.2 Å². The number of hydrogen-bond donors (Lipinski definition) is 4. The number of unbranched alkanes of at least 4 members (excludes halogenated alkanes) is 3. The van der Waals surface area contributed by atoms with Gasteiger partial charge in [-0.2, -0.15) is 5.10 Å². The van der Waals surface area contributed by atoms with Crippen molar-refractivity contribution in [1.82, 2.24) is 15.5 Å². The largest absolute Gasteiger partial charge is 0.341 e. The normalized spacial score (nSPS) is 10.9. The highest BCUT2D eigenvalue weighted by molar-refractivity contribution is 5.97. The number of carbonyl (C=O) groups is 2. The van der Waals surface area contributed by atoms with Crippen LogP contribution in [-0.2, 0) is 9.59 Å². The summed E-state index contributed by atoms with van der Waals surface area (Å²) in [7, 11) is 0. The molecule has 5 N–H and O–H groups in total. The second-order valence-electron chi connectivity index (χ2n) is 5.82. The third-order valence-corrected chi connectivity index (χ3v) is 3.82. The van der Waals surface area contributed by atoms with Crippen molar-refractivity contribution >= 4 is 42.4 Å². The Labute approximate surface area is 171 Å². The molecule has 1 unspecified atom stereocenters. The number of aromatic nitrogens is 2. The number of halogens is 2. The lowest BCUT2D eigenvalue weighted by Crippen LogP contribution is -2.37. The predicted molar refractivity (Wildman–Crippen MR) is 111 cm³/mol. The third-order valence-electron chi connectivity index (χ3n) is 3.82. The number of benzene rings is 1. The number of carbonyl (C=O) groups excluding carboxylic acids is 2. The molecule has 0 radical (unpaired) electrons. The van der Waals surface area contributed by atoms with Crippen molar-refractivity contribution in [1.29, 1.82) is 0 Å². The molecule has 0 bridgehead atoms. The first-order valence-electron chi connectivity index (χ1n) is 8.55. The van der Waals surface area contributed by atoms with Crippen LogP contribution in [0.25, 0.3) is 0 Å². The van der Waals surface area contributed by atoms with Crippen LogP contribution in [0.15, 0.2) is 42.6 Å². The molecule has 0 spiro atoms. The molecule has 2 aromatic rings. The molecule has 1 heterocycles. The van der Waals surface area contributed by atoms with Gasteiger partial charge < -0.3 is 16.4 Å². The van der Waals surface area contributed by atoms with Crippen molar-refractivity contribution in [3.63, 3.8) is 0 Å². The van der Waals surface area contributed by atoms with E-state index in [1.54, 1.807) is 12.3 Å². The Morgan fingerprint density at radius 2 is 1.74 bits per heavy atom. The fraction of sp³-hybridized carbons (Fsp3) is 0.389. The van der Waals surface area contributed by atoms with Crippen LogP contribution in [-0.4, -0.2) is 28.6 Å². The van der Waals surface area contributed by atoms with Crippen molar-refractivity contribution in [3.8, 4) is 0 Å². The minimum Gasteiger partial charge on any atom is -0.341 e. The van der Waals surface area contributed by atoms with Gasteiger partial charge in [-0.1, -0.05) is 43.2 Å². The number of nitrogens with one attached hydrogen (secondary N) is 3. The Morgan fingerprint density at radius 1 is 1.04 bits per heavy atom. The molecule has 0 saturated carbocycles. The lowest BCUT2D eigenvalue weighted by molar-refractivity contribution is -0.126. The quantitative estimate of drug-likeness (QED) is 0.446. The molecule has 1 aromatic heterocycles. The summed E-state index contributed by atoms with van der Waals surface area (Å²) in [4.78, 5) is 24.8. The molecule has 0 aliphatic carbocycles. The zero-order valence-electron chi connectivity index (χ0n) is 15.0. The van der Waals surface area contributed by atoms with Gasteiger partial charge in [0, 0.05) is 12.5 Å². The summed E-state index contributed by atoms with van der Waals surface area (Å²) in [6, 6.07) is 10.1. The highest BCUT2D eigenvalue weighted by Gasteiger charge is 2.22. The second-order valence-corrected chi connectivity index (χ2v) is 5.82. The number of hydrogen-bond acceptors (Lipinski definition) is 4. The standard InChI is InChI=1S/C18H25N5O2.2ClH/c19-12-7-2-1-6-10-16(24)22-17(14-8-4-3-5-9-14)18(25)21-15-11-13-20-23-15;;/h3-5,8-9,11,13,17H,1-2,6-7,10,12,19H2,(H,22,24)(H2,20,21,23,25);2*1H. The van der Waals surface area contributed by atoms with Crippen molar-refractivity contribution in [2.75, 3.05) is 11.9 Å². The van der Waals surface area contributed by atoms with E-state index in [1.807, 2.05) is 30.3 Å². The Kier molecular flexibility index (Phi) is 12.9. The highest BCUT2D eigenvalue weighted by atomic mass is 35.5.